The van der Waals surface area contributed by atoms with E-state index in [2.05, 4.69) is 54.1 Å². The van der Waals surface area contributed by atoms with Gasteiger partial charge in [0, 0.05) is 18.1 Å². The van der Waals surface area contributed by atoms with Crippen LogP contribution in [0.25, 0.3) is 10.9 Å². The highest BCUT2D eigenvalue weighted by molar-refractivity contribution is 5.86. The molecule has 0 saturated carbocycles. The van der Waals surface area contributed by atoms with Gasteiger partial charge in [-0.15, -0.1) is 0 Å². The highest BCUT2D eigenvalue weighted by atomic mass is 16.5. The smallest absolute Gasteiger partial charge is 0.128 e. The van der Waals surface area contributed by atoms with Crippen molar-refractivity contribution in [3.05, 3.63) is 65.9 Å². The minimum Gasteiger partial charge on any atom is -0.496 e. The third kappa shape index (κ3) is 2.22. The molecule has 0 unspecified atom stereocenters. The predicted molar refractivity (Wildman–Crippen MR) is 78.8 cm³/mol. The molecule has 3 rings (SSSR count). The molecule has 0 atom stereocenters. The minimum atomic E-state index is 0.887. The SMILES string of the molecule is COc1cccc2c1ccn2Cc1cccc(C)c1. The Hall–Kier alpha value is -2.22. The number of rotatable bonds is 3. The van der Waals surface area contributed by atoms with Crippen LogP contribution in [0.4, 0.5) is 0 Å². The molecule has 0 N–H and O–H groups in total. The second-order valence-electron chi connectivity index (χ2n) is 4.83. The Morgan fingerprint density at radius 2 is 1.89 bits per heavy atom. The van der Waals surface area contributed by atoms with Crippen molar-refractivity contribution in [2.75, 3.05) is 7.11 Å². The predicted octanol–water partition coefficient (Wildman–Crippen LogP) is 4.01. The van der Waals surface area contributed by atoms with Gasteiger partial charge in [-0.05, 0) is 30.7 Å². The van der Waals surface area contributed by atoms with Crippen molar-refractivity contribution in [1.82, 2.24) is 4.57 Å². The van der Waals surface area contributed by atoms with Crippen LogP contribution in [0.1, 0.15) is 11.1 Å². The van der Waals surface area contributed by atoms with E-state index in [1.807, 2.05) is 12.1 Å². The normalized spacial score (nSPS) is 10.8. The standard InChI is InChI=1S/C17H17NO/c1-13-5-3-6-14(11-13)12-18-10-9-15-16(18)7-4-8-17(15)19-2/h3-11H,12H2,1-2H3. The van der Waals surface area contributed by atoms with E-state index in [1.54, 1.807) is 7.11 Å². The number of nitrogens with zero attached hydrogens (tertiary/aromatic N) is 1. The highest BCUT2D eigenvalue weighted by Crippen LogP contribution is 2.26. The first-order chi connectivity index (χ1) is 9.28. The highest BCUT2D eigenvalue weighted by Gasteiger charge is 2.06. The Morgan fingerprint density at radius 1 is 1.05 bits per heavy atom. The van der Waals surface area contributed by atoms with E-state index in [1.165, 1.54) is 16.6 Å². The number of aryl methyl sites for hydroxylation is 1. The van der Waals surface area contributed by atoms with Crippen molar-refractivity contribution in [1.29, 1.82) is 0 Å². The summed E-state index contributed by atoms with van der Waals surface area (Å²) in [5, 5.41) is 1.16. The molecule has 0 aliphatic rings. The van der Waals surface area contributed by atoms with E-state index >= 15 is 0 Å². The summed E-state index contributed by atoms with van der Waals surface area (Å²) in [5.74, 6) is 0.931. The number of hydrogen-bond donors (Lipinski definition) is 0. The molecule has 3 aromatic rings. The quantitative estimate of drug-likeness (QED) is 0.686. The lowest BCUT2D eigenvalue weighted by molar-refractivity contribution is 0.420. The first-order valence-electron chi connectivity index (χ1n) is 6.45. The lowest BCUT2D eigenvalue weighted by atomic mass is 10.1. The van der Waals surface area contributed by atoms with Crippen molar-refractivity contribution < 1.29 is 4.74 Å². The summed E-state index contributed by atoms with van der Waals surface area (Å²) in [5.41, 5.74) is 3.83. The summed E-state index contributed by atoms with van der Waals surface area (Å²) in [6, 6.07) is 16.9. The number of aromatic nitrogens is 1. The Labute approximate surface area is 113 Å². The van der Waals surface area contributed by atoms with Crippen molar-refractivity contribution in [3.8, 4) is 5.75 Å². The van der Waals surface area contributed by atoms with Crippen LogP contribution in [-0.2, 0) is 6.54 Å². The van der Waals surface area contributed by atoms with E-state index in [-0.39, 0.29) is 0 Å². The topological polar surface area (TPSA) is 14.2 Å². The maximum absolute atomic E-state index is 5.40. The fourth-order valence-electron chi connectivity index (χ4n) is 2.52. The van der Waals surface area contributed by atoms with Gasteiger partial charge in [-0.3, -0.25) is 0 Å². The summed E-state index contributed by atoms with van der Waals surface area (Å²) in [7, 11) is 1.71. The number of hydrogen-bond acceptors (Lipinski definition) is 1. The average Bonchev–Trinajstić information content (AvgIpc) is 2.82. The van der Waals surface area contributed by atoms with Crippen LogP contribution in [-0.4, -0.2) is 11.7 Å². The molecule has 0 aliphatic carbocycles. The van der Waals surface area contributed by atoms with Crippen molar-refractivity contribution in [2.24, 2.45) is 0 Å². The average molecular weight is 251 g/mol. The molecule has 2 heteroatoms. The maximum Gasteiger partial charge on any atom is 0.128 e. The summed E-state index contributed by atoms with van der Waals surface area (Å²) in [6.45, 7) is 3.01. The Morgan fingerprint density at radius 3 is 2.68 bits per heavy atom. The third-order valence-corrected chi connectivity index (χ3v) is 3.43. The summed E-state index contributed by atoms with van der Waals surface area (Å²) >= 11 is 0. The molecule has 2 aromatic carbocycles. The Kier molecular flexibility index (Phi) is 3.00. The fraction of sp³-hybridized carbons (Fsp3) is 0.176. The first kappa shape index (κ1) is 11.8. The van der Waals surface area contributed by atoms with Crippen LogP contribution in [0.3, 0.4) is 0 Å². The third-order valence-electron chi connectivity index (χ3n) is 3.43. The van der Waals surface area contributed by atoms with Crippen molar-refractivity contribution >= 4 is 10.9 Å². The van der Waals surface area contributed by atoms with Gasteiger partial charge < -0.3 is 9.30 Å². The Balaban J connectivity index is 2.02. The second-order valence-corrected chi connectivity index (χ2v) is 4.83. The lowest BCUT2D eigenvalue weighted by Crippen LogP contribution is -1.98. The van der Waals surface area contributed by atoms with Gasteiger partial charge in [0.25, 0.3) is 0 Å². The number of benzene rings is 2. The van der Waals surface area contributed by atoms with Gasteiger partial charge in [0.1, 0.15) is 5.75 Å². The molecule has 1 heterocycles. The summed E-state index contributed by atoms with van der Waals surface area (Å²) in [4.78, 5) is 0. The van der Waals surface area contributed by atoms with Gasteiger partial charge in [-0.1, -0.05) is 35.9 Å². The molecule has 1 aromatic heterocycles. The van der Waals surface area contributed by atoms with Crippen LogP contribution in [0, 0.1) is 6.92 Å². The largest absolute Gasteiger partial charge is 0.496 e. The number of ether oxygens (including phenoxy) is 1. The Bertz CT molecular complexity index is 712. The van der Waals surface area contributed by atoms with Gasteiger partial charge in [0.05, 0.1) is 12.6 Å². The second kappa shape index (κ2) is 4.81. The van der Waals surface area contributed by atoms with Crippen LogP contribution in [0.2, 0.25) is 0 Å². The summed E-state index contributed by atoms with van der Waals surface area (Å²) < 4.78 is 7.65. The lowest BCUT2D eigenvalue weighted by Gasteiger charge is -2.07. The van der Waals surface area contributed by atoms with E-state index in [0.717, 1.165) is 17.7 Å². The molecule has 2 nitrogen and oxygen atoms in total. The molecule has 19 heavy (non-hydrogen) atoms. The van der Waals surface area contributed by atoms with Crippen LogP contribution in [0.15, 0.2) is 54.7 Å². The molecule has 96 valence electrons. The van der Waals surface area contributed by atoms with Gasteiger partial charge in [-0.25, -0.2) is 0 Å². The van der Waals surface area contributed by atoms with Crippen LogP contribution in [0.5, 0.6) is 5.75 Å². The molecule has 0 radical (unpaired) electrons. The van der Waals surface area contributed by atoms with E-state index < -0.39 is 0 Å². The van der Waals surface area contributed by atoms with Crippen LogP contribution < -0.4 is 4.74 Å². The molecule has 0 bridgehead atoms. The fourth-order valence-corrected chi connectivity index (χ4v) is 2.52. The monoisotopic (exact) mass is 251 g/mol. The van der Waals surface area contributed by atoms with Gasteiger partial charge in [0.15, 0.2) is 0 Å². The van der Waals surface area contributed by atoms with Crippen molar-refractivity contribution in [3.63, 3.8) is 0 Å². The van der Waals surface area contributed by atoms with E-state index in [4.69, 9.17) is 4.74 Å². The van der Waals surface area contributed by atoms with E-state index in [0.29, 0.717) is 0 Å². The first-order valence-corrected chi connectivity index (χ1v) is 6.45. The van der Waals surface area contributed by atoms with E-state index in [9.17, 15) is 0 Å². The van der Waals surface area contributed by atoms with Crippen molar-refractivity contribution in [2.45, 2.75) is 13.5 Å². The number of methoxy groups -OCH3 is 1. The van der Waals surface area contributed by atoms with Gasteiger partial charge >= 0.3 is 0 Å². The molecular formula is C17H17NO. The molecule has 0 spiro atoms. The molecule has 0 saturated heterocycles. The molecule has 0 aliphatic heterocycles. The number of fused-ring (bicyclic) bond motifs is 1. The van der Waals surface area contributed by atoms with Gasteiger partial charge in [-0.2, -0.15) is 0 Å². The zero-order chi connectivity index (χ0) is 13.2. The summed E-state index contributed by atoms with van der Waals surface area (Å²) in [6.07, 6.45) is 2.12. The minimum absolute atomic E-state index is 0.887. The van der Waals surface area contributed by atoms with Crippen LogP contribution >= 0.6 is 0 Å². The maximum atomic E-state index is 5.40. The zero-order valence-corrected chi connectivity index (χ0v) is 11.3. The zero-order valence-electron chi connectivity index (χ0n) is 11.3. The molecule has 0 amide bonds. The molecular weight excluding hydrogens is 234 g/mol. The van der Waals surface area contributed by atoms with Gasteiger partial charge in [0.2, 0.25) is 0 Å². The molecule has 0 fully saturated rings.